The highest BCUT2D eigenvalue weighted by Gasteiger charge is 2.29. The summed E-state index contributed by atoms with van der Waals surface area (Å²) < 4.78 is 5.42. The third kappa shape index (κ3) is 2.44. The third-order valence-corrected chi connectivity index (χ3v) is 3.74. The smallest absolute Gasteiger partial charge is 0.228 e. The lowest BCUT2D eigenvalue weighted by Crippen LogP contribution is -2.52. The monoisotopic (exact) mass is 239 g/mol. The van der Waals surface area contributed by atoms with Crippen molar-refractivity contribution in [1.29, 1.82) is 0 Å². The van der Waals surface area contributed by atoms with Crippen LogP contribution in [0, 0.1) is 0 Å². The maximum absolute atomic E-state index is 12.2. The highest BCUT2D eigenvalue weighted by Crippen LogP contribution is 2.17. The van der Waals surface area contributed by atoms with Crippen LogP contribution < -0.4 is 0 Å². The molecule has 0 saturated carbocycles. The lowest BCUT2D eigenvalue weighted by molar-refractivity contribution is -0.143. The molecule has 0 aliphatic carbocycles. The minimum Gasteiger partial charge on any atom is -0.377 e. The Hall–Kier alpha value is -0.870. The minimum atomic E-state index is 0.191. The molecule has 1 aliphatic rings. The van der Waals surface area contributed by atoms with Gasteiger partial charge in [0.25, 0.3) is 0 Å². The molecule has 2 unspecified atom stereocenters. The summed E-state index contributed by atoms with van der Waals surface area (Å²) in [5, 5.41) is 2.01. The van der Waals surface area contributed by atoms with Gasteiger partial charge in [-0.1, -0.05) is 6.07 Å². The summed E-state index contributed by atoms with van der Waals surface area (Å²) in [4.78, 5) is 15.3. The Morgan fingerprint density at radius 1 is 1.50 bits per heavy atom. The van der Waals surface area contributed by atoms with E-state index in [0.717, 1.165) is 4.88 Å². The second-order valence-electron chi connectivity index (χ2n) is 4.29. The number of hydrogen-bond donors (Lipinski definition) is 0. The molecule has 88 valence electrons. The van der Waals surface area contributed by atoms with E-state index in [1.165, 1.54) is 0 Å². The molecule has 2 rings (SSSR count). The summed E-state index contributed by atoms with van der Waals surface area (Å²) in [6, 6.07) is 4.38. The zero-order valence-electron chi connectivity index (χ0n) is 9.68. The van der Waals surface area contributed by atoms with E-state index in [9.17, 15) is 4.79 Å². The molecule has 0 bridgehead atoms. The maximum Gasteiger partial charge on any atom is 0.228 e. The van der Waals surface area contributed by atoms with Crippen LogP contribution in [0.5, 0.6) is 0 Å². The van der Waals surface area contributed by atoms with Crippen molar-refractivity contribution in [2.75, 3.05) is 13.2 Å². The van der Waals surface area contributed by atoms with Crippen LogP contribution in [0.2, 0.25) is 0 Å². The summed E-state index contributed by atoms with van der Waals surface area (Å²) >= 11 is 1.64. The van der Waals surface area contributed by atoms with Crippen LogP contribution in [-0.2, 0) is 16.0 Å². The molecule has 1 aliphatic heterocycles. The van der Waals surface area contributed by atoms with E-state index in [4.69, 9.17) is 4.74 Å². The highest BCUT2D eigenvalue weighted by molar-refractivity contribution is 7.10. The first-order valence-corrected chi connectivity index (χ1v) is 6.47. The molecule has 0 N–H and O–H groups in total. The van der Waals surface area contributed by atoms with Gasteiger partial charge in [0.15, 0.2) is 0 Å². The van der Waals surface area contributed by atoms with Crippen molar-refractivity contribution in [1.82, 2.24) is 4.90 Å². The molecule has 16 heavy (non-hydrogen) atoms. The molecule has 1 aromatic rings. The van der Waals surface area contributed by atoms with Gasteiger partial charge < -0.3 is 9.64 Å². The third-order valence-electron chi connectivity index (χ3n) is 2.86. The van der Waals surface area contributed by atoms with E-state index in [2.05, 4.69) is 0 Å². The fraction of sp³-hybridized carbons (Fsp3) is 0.583. The molecule has 1 aromatic heterocycles. The van der Waals surface area contributed by atoms with Crippen LogP contribution in [0.3, 0.4) is 0 Å². The van der Waals surface area contributed by atoms with E-state index >= 15 is 0 Å². The van der Waals surface area contributed by atoms with Gasteiger partial charge in [-0.05, 0) is 25.3 Å². The quantitative estimate of drug-likeness (QED) is 0.789. The number of nitrogens with zero attached hydrogens (tertiary/aromatic N) is 1. The molecule has 2 atom stereocenters. The number of thiophene rings is 1. The van der Waals surface area contributed by atoms with Crippen LogP contribution in [0.25, 0.3) is 0 Å². The second kappa shape index (κ2) is 4.97. The first-order chi connectivity index (χ1) is 7.68. The van der Waals surface area contributed by atoms with E-state index in [-0.39, 0.29) is 18.0 Å². The first-order valence-electron chi connectivity index (χ1n) is 5.59. The van der Waals surface area contributed by atoms with Crippen molar-refractivity contribution < 1.29 is 9.53 Å². The molecule has 1 amide bonds. The van der Waals surface area contributed by atoms with Crippen molar-refractivity contribution in [3.8, 4) is 0 Å². The first kappa shape index (κ1) is 11.6. The molecular formula is C12H17NO2S. The summed E-state index contributed by atoms with van der Waals surface area (Å²) in [5.41, 5.74) is 0. The lowest BCUT2D eigenvalue weighted by atomic mass is 10.1. The number of hydrogen-bond acceptors (Lipinski definition) is 3. The Labute approximate surface area is 100 Å². The van der Waals surface area contributed by atoms with E-state index in [1.807, 2.05) is 36.3 Å². The Kier molecular flexibility index (Phi) is 3.61. The SMILES string of the molecule is CC1COCC(C)N1C(=O)Cc1cccs1. The van der Waals surface area contributed by atoms with Gasteiger partial charge in [-0.25, -0.2) is 0 Å². The number of rotatable bonds is 2. The largest absolute Gasteiger partial charge is 0.377 e. The lowest BCUT2D eigenvalue weighted by Gasteiger charge is -2.38. The van der Waals surface area contributed by atoms with Gasteiger partial charge in [0, 0.05) is 4.88 Å². The summed E-state index contributed by atoms with van der Waals surface area (Å²) in [6.07, 6.45) is 0.520. The molecule has 4 heteroatoms. The van der Waals surface area contributed by atoms with Crippen LogP contribution in [0.1, 0.15) is 18.7 Å². The second-order valence-corrected chi connectivity index (χ2v) is 5.32. The summed E-state index contributed by atoms with van der Waals surface area (Å²) in [5.74, 6) is 0.214. The Morgan fingerprint density at radius 2 is 2.19 bits per heavy atom. The molecule has 1 saturated heterocycles. The van der Waals surface area contributed by atoms with Gasteiger partial charge in [0.1, 0.15) is 0 Å². The Morgan fingerprint density at radius 3 is 2.75 bits per heavy atom. The van der Waals surface area contributed by atoms with Crippen LogP contribution in [0.4, 0.5) is 0 Å². The average Bonchev–Trinajstić information content (AvgIpc) is 2.70. The van der Waals surface area contributed by atoms with Crippen LogP contribution >= 0.6 is 11.3 Å². The Bertz CT molecular complexity index is 340. The number of morpholine rings is 1. The number of carbonyl (C=O) groups is 1. The minimum absolute atomic E-state index is 0.191. The fourth-order valence-corrected chi connectivity index (χ4v) is 2.85. The molecule has 2 heterocycles. The van der Waals surface area contributed by atoms with Gasteiger partial charge in [0.2, 0.25) is 5.91 Å². The molecule has 0 aromatic carbocycles. The standard InChI is InChI=1S/C12H17NO2S/c1-9-7-15-8-10(2)13(9)12(14)6-11-4-3-5-16-11/h3-5,9-10H,6-8H2,1-2H3. The van der Waals surface area contributed by atoms with Crippen molar-refractivity contribution in [2.24, 2.45) is 0 Å². The van der Waals surface area contributed by atoms with Crippen molar-refractivity contribution >= 4 is 17.2 Å². The normalized spacial score (nSPS) is 25.8. The molecule has 0 radical (unpaired) electrons. The zero-order chi connectivity index (χ0) is 11.5. The average molecular weight is 239 g/mol. The predicted octanol–water partition coefficient (Wildman–Crippen LogP) is 1.93. The van der Waals surface area contributed by atoms with Crippen molar-refractivity contribution in [3.05, 3.63) is 22.4 Å². The zero-order valence-corrected chi connectivity index (χ0v) is 10.5. The highest BCUT2D eigenvalue weighted by atomic mass is 32.1. The van der Waals surface area contributed by atoms with Gasteiger partial charge in [0.05, 0.1) is 31.7 Å². The number of amides is 1. The molecule has 0 spiro atoms. The van der Waals surface area contributed by atoms with Crippen LogP contribution in [0.15, 0.2) is 17.5 Å². The van der Waals surface area contributed by atoms with Crippen molar-refractivity contribution in [2.45, 2.75) is 32.4 Å². The van der Waals surface area contributed by atoms with Gasteiger partial charge in [-0.2, -0.15) is 0 Å². The number of ether oxygens (including phenoxy) is 1. The predicted molar refractivity (Wildman–Crippen MR) is 64.6 cm³/mol. The number of carbonyl (C=O) groups excluding carboxylic acids is 1. The molecule has 1 fully saturated rings. The van der Waals surface area contributed by atoms with Gasteiger partial charge >= 0.3 is 0 Å². The Balaban J connectivity index is 2.02. The van der Waals surface area contributed by atoms with E-state index < -0.39 is 0 Å². The molecular weight excluding hydrogens is 222 g/mol. The van der Waals surface area contributed by atoms with Gasteiger partial charge in [-0.3, -0.25) is 4.79 Å². The molecule has 3 nitrogen and oxygen atoms in total. The van der Waals surface area contributed by atoms with Crippen LogP contribution in [-0.4, -0.2) is 36.1 Å². The summed E-state index contributed by atoms with van der Waals surface area (Å²) in [6.45, 7) is 5.39. The van der Waals surface area contributed by atoms with E-state index in [0.29, 0.717) is 19.6 Å². The maximum atomic E-state index is 12.2. The van der Waals surface area contributed by atoms with Gasteiger partial charge in [-0.15, -0.1) is 11.3 Å². The van der Waals surface area contributed by atoms with E-state index in [1.54, 1.807) is 11.3 Å². The summed E-state index contributed by atoms with van der Waals surface area (Å²) in [7, 11) is 0. The topological polar surface area (TPSA) is 29.5 Å². The fourth-order valence-electron chi connectivity index (χ4n) is 2.15. The van der Waals surface area contributed by atoms with Crippen molar-refractivity contribution in [3.63, 3.8) is 0 Å².